The van der Waals surface area contributed by atoms with Crippen LogP contribution in [0.25, 0.3) is 0 Å². The van der Waals surface area contributed by atoms with Gasteiger partial charge in [0.2, 0.25) is 0 Å². The predicted molar refractivity (Wildman–Crippen MR) is 76.3 cm³/mol. The molecule has 1 aliphatic rings. The lowest BCUT2D eigenvalue weighted by Gasteiger charge is -2.20. The molecule has 1 aromatic rings. The van der Waals surface area contributed by atoms with Gasteiger partial charge >= 0.3 is 5.97 Å². The minimum Gasteiger partial charge on any atom is -0.486 e. The summed E-state index contributed by atoms with van der Waals surface area (Å²) in [6.07, 6.45) is 0. The van der Waals surface area contributed by atoms with Crippen LogP contribution in [-0.4, -0.2) is 31.8 Å². The van der Waals surface area contributed by atoms with Crippen molar-refractivity contribution in [2.75, 3.05) is 25.1 Å². The lowest BCUT2D eigenvalue weighted by atomic mass is 10.2. The molecule has 0 spiro atoms. The number of carbonyl (C=O) groups excluding carboxylic acids is 1. The zero-order chi connectivity index (χ0) is 14.5. The third-order valence-electron chi connectivity index (χ3n) is 2.84. The van der Waals surface area contributed by atoms with Crippen molar-refractivity contribution < 1.29 is 19.0 Å². The molecule has 1 unspecified atom stereocenters. The number of ether oxygens (including phenoxy) is 3. The standard InChI is InChI=1S/C15H21NO4/c1-10(2)9-20-15(17)11(3)16-12-4-5-13-14(8-12)19-7-6-18-13/h4-5,8,10-11,16H,6-7,9H2,1-3H3. The summed E-state index contributed by atoms with van der Waals surface area (Å²) in [5.74, 6) is 1.51. The number of rotatable bonds is 5. The van der Waals surface area contributed by atoms with Gasteiger partial charge in [-0.15, -0.1) is 0 Å². The molecule has 1 N–H and O–H groups in total. The van der Waals surface area contributed by atoms with Crippen molar-refractivity contribution in [3.63, 3.8) is 0 Å². The highest BCUT2D eigenvalue weighted by molar-refractivity contribution is 5.79. The SMILES string of the molecule is CC(C)COC(=O)C(C)Nc1ccc2c(c1)OCCO2. The third-order valence-corrected chi connectivity index (χ3v) is 2.84. The number of benzene rings is 1. The number of fused-ring (bicyclic) bond motifs is 1. The molecule has 0 fully saturated rings. The molecule has 0 saturated carbocycles. The summed E-state index contributed by atoms with van der Waals surface area (Å²) in [4.78, 5) is 11.8. The first kappa shape index (κ1) is 14.5. The van der Waals surface area contributed by atoms with Gasteiger partial charge in [-0.3, -0.25) is 0 Å². The first-order valence-corrected chi connectivity index (χ1v) is 6.89. The Kier molecular flexibility index (Phi) is 4.71. The third kappa shape index (κ3) is 3.79. The molecule has 5 heteroatoms. The Bertz CT molecular complexity index is 473. The summed E-state index contributed by atoms with van der Waals surface area (Å²) in [6.45, 7) is 7.34. The second kappa shape index (κ2) is 6.50. The average Bonchev–Trinajstić information content (AvgIpc) is 2.44. The summed E-state index contributed by atoms with van der Waals surface area (Å²) in [6, 6.07) is 5.13. The maximum Gasteiger partial charge on any atom is 0.328 e. The molecule has 0 aliphatic carbocycles. The fourth-order valence-electron chi connectivity index (χ4n) is 1.82. The monoisotopic (exact) mass is 279 g/mol. The zero-order valence-corrected chi connectivity index (χ0v) is 12.1. The van der Waals surface area contributed by atoms with Crippen LogP contribution in [0.15, 0.2) is 18.2 Å². The van der Waals surface area contributed by atoms with E-state index >= 15 is 0 Å². The van der Waals surface area contributed by atoms with E-state index in [1.54, 1.807) is 6.92 Å². The molecule has 1 heterocycles. The fraction of sp³-hybridized carbons (Fsp3) is 0.533. The summed E-state index contributed by atoms with van der Waals surface area (Å²) in [5.41, 5.74) is 0.809. The van der Waals surface area contributed by atoms with Crippen LogP contribution in [0.4, 0.5) is 5.69 Å². The minimum atomic E-state index is -0.406. The molecule has 1 aliphatic heterocycles. The van der Waals surface area contributed by atoms with Crippen LogP contribution >= 0.6 is 0 Å². The maximum atomic E-state index is 11.8. The molecule has 0 bridgehead atoms. The predicted octanol–water partition coefficient (Wildman–Crippen LogP) is 2.46. The van der Waals surface area contributed by atoms with Gasteiger partial charge < -0.3 is 19.5 Å². The van der Waals surface area contributed by atoms with Crippen molar-refractivity contribution in [2.45, 2.75) is 26.8 Å². The van der Waals surface area contributed by atoms with Crippen LogP contribution < -0.4 is 14.8 Å². The van der Waals surface area contributed by atoms with Gasteiger partial charge in [0.15, 0.2) is 11.5 Å². The van der Waals surface area contributed by atoms with Crippen molar-refractivity contribution in [3.8, 4) is 11.5 Å². The van der Waals surface area contributed by atoms with E-state index in [2.05, 4.69) is 5.32 Å². The summed E-state index contributed by atoms with van der Waals surface area (Å²) in [5, 5.41) is 3.11. The van der Waals surface area contributed by atoms with Crippen LogP contribution in [-0.2, 0) is 9.53 Å². The van der Waals surface area contributed by atoms with Crippen LogP contribution in [0.5, 0.6) is 11.5 Å². The van der Waals surface area contributed by atoms with Gasteiger partial charge in [0, 0.05) is 11.8 Å². The van der Waals surface area contributed by atoms with Gasteiger partial charge in [-0.05, 0) is 25.0 Å². The van der Waals surface area contributed by atoms with E-state index in [4.69, 9.17) is 14.2 Å². The molecule has 1 aromatic carbocycles. The van der Waals surface area contributed by atoms with Crippen molar-refractivity contribution in [1.29, 1.82) is 0 Å². The quantitative estimate of drug-likeness (QED) is 0.839. The molecule has 1 atom stereocenters. The van der Waals surface area contributed by atoms with Gasteiger partial charge in [0.1, 0.15) is 19.3 Å². The maximum absolute atomic E-state index is 11.8. The topological polar surface area (TPSA) is 56.8 Å². The first-order chi connectivity index (χ1) is 9.56. The number of carbonyl (C=O) groups is 1. The zero-order valence-electron chi connectivity index (χ0n) is 12.1. The van der Waals surface area contributed by atoms with Crippen LogP contribution in [0.3, 0.4) is 0 Å². The second-order valence-electron chi connectivity index (χ2n) is 5.25. The lowest BCUT2D eigenvalue weighted by Crippen LogP contribution is -2.29. The van der Waals surface area contributed by atoms with E-state index in [0.717, 1.165) is 11.4 Å². The highest BCUT2D eigenvalue weighted by Crippen LogP contribution is 2.32. The normalized spacial score (nSPS) is 14.8. The van der Waals surface area contributed by atoms with Crippen molar-refractivity contribution in [1.82, 2.24) is 0 Å². The van der Waals surface area contributed by atoms with Crippen molar-refractivity contribution in [2.24, 2.45) is 5.92 Å². The Morgan fingerprint density at radius 2 is 1.95 bits per heavy atom. The van der Waals surface area contributed by atoms with E-state index in [1.807, 2.05) is 32.0 Å². The molecule has 5 nitrogen and oxygen atoms in total. The lowest BCUT2D eigenvalue weighted by molar-refractivity contribution is -0.145. The largest absolute Gasteiger partial charge is 0.486 e. The molecule has 20 heavy (non-hydrogen) atoms. The van der Waals surface area contributed by atoms with E-state index < -0.39 is 6.04 Å². The number of esters is 1. The Morgan fingerprint density at radius 1 is 1.25 bits per heavy atom. The van der Waals surface area contributed by atoms with E-state index in [0.29, 0.717) is 31.5 Å². The van der Waals surface area contributed by atoms with E-state index in [1.165, 1.54) is 0 Å². The highest BCUT2D eigenvalue weighted by atomic mass is 16.6. The van der Waals surface area contributed by atoms with E-state index in [9.17, 15) is 4.79 Å². The number of hydrogen-bond donors (Lipinski definition) is 1. The molecule has 0 radical (unpaired) electrons. The summed E-state index contributed by atoms with van der Waals surface area (Å²) in [7, 11) is 0. The van der Waals surface area contributed by atoms with Crippen LogP contribution in [0.2, 0.25) is 0 Å². The van der Waals surface area contributed by atoms with Gasteiger partial charge in [0.25, 0.3) is 0 Å². The number of nitrogens with one attached hydrogen (secondary N) is 1. The average molecular weight is 279 g/mol. The molecule has 0 amide bonds. The van der Waals surface area contributed by atoms with Crippen LogP contribution in [0, 0.1) is 5.92 Å². The molecule has 0 saturated heterocycles. The smallest absolute Gasteiger partial charge is 0.328 e. The second-order valence-corrected chi connectivity index (χ2v) is 5.25. The number of hydrogen-bond acceptors (Lipinski definition) is 5. The molecular formula is C15H21NO4. The van der Waals surface area contributed by atoms with Gasteiger partial charge in [-0.25, -0.2) is 4.79 Å². The highest BCUT2D eigenvalue weighted by Gasteiger charge is 2.17. The Morgan fingerprint density at radius 3 is 2.65 bits per heavy atom. The Labute approximate surface area is 119 Å². The summed E-state index contributed by atoms with van der Waals surface area (Å²) >= 11 is 0. The van der Waals surface area contributed by atoms with Crippen molar-refractivity contribution >= 4 is 11.7 Å². The molecule has 2 rings (SSSR count). The minimum absolute atomic E-state index is 0.256. The number of anilines is 1. The molecule has 110 valence electrons. The summed E-state index contributed by atoms with van der Waals surface area (Å²) < 4.78 is 16.1. The van der Waals surface area contributed by atoms with Gasteiger partial charge in [-0.1, -0.05) is 13.8 Å². The first-order valence-electron chi connectivity index (χ1n) is 6.89. The Balaban J connectivity index is 1.93. The molecular weight excluding hydrogens is 258 g/mol. The van der Waals surface area contributed by atoms with Gasteiger partial charge in [-0.2, -0.15) is 0 Å². The Hall–Kier alpha value is -1.91. The van der Waals surface area contributed by atoms with E-state index in [-0.39, 0.29) is 5.97 Å². The van der Waals surface area contributed by atoms with Crippen molar-refractivity contribution in [3.05, 3.63) is 18.2 Å². The van der Waals surface area contributed by atoms with Crippen LogP contribution in [0.1, 0.15) is 20.8 Å². The molecule has 0 aromatic heterocycles. The fourth-order valence-corrected chi connectivity index (χ4v) is 1.82. The van der Waals surface area contributed by atoms with Gasteiger partial charge in [0.05, 0.1) is 6.61 Å².